The van der Waals surface area contributed by atoms with Crippen LogP contribution < -0.4 is 5.32 Å². The summed E-state index contributed by atoms with van der Waals surface area (Å²) in [7, 11) is 0. The van der Waals surface area contributed by atoms with E-state index in [1.165, 1.54) is 54.2 Å². The number of nitrogens with zero attached hydrogens (tertiary/aromatic N) is 1. The number of hydrogen-bond acceptors (Lipinski definition) is 1. The van der Waals surface area contributed by atoms with Crippen molar-refractivity contribution in [3.05, 3.63) is 40.0 Å². The smallest absolute Gasteiger partial charge is 0.138 e. The van der Waals surface area contributed by atoms with E-state index in [-0.39, 0.29) is 0 Å². The quantitative estimate of drug-likeness (QED) is 0.856. The summed E-state index contributed by atoms with van der Waals surface area (Å²) in [6, 6.07) is 7.36. The van der Waals surface area contributed by atoms with E-state index in [2.05, 4.69) is 42.3 Å². The Morgan fingerprint density at radius 3 is 2.67 bits per heavy atom. The minimum Gasteiger partial charge on any atom is -0.340 e. The van der Waals surface area contributed by atoms with Gasteiger partial charge in [0.05, 0.1) is 11.6 Å². The highest BCUT2D eigenvalue weighted by molar-refractivity contribution is 6.30. The number of halogens is 1. The highest BCUT2D eigenvalue weighted by atomic mass is 35.5. The van der Waals surface area contributed by atoms with Crippen molar-refractivity contribution in [1.82, 2.24) is 4.98 Å². The molecule has 1 aromatic carbocycles. The molecule has 3 rings (SSSR count). The Hall–Kier alpha value is -1.12. The average Bonchev–Trinajstić information content (AvgIpc) is 2.47. The van der Waals surface area contributed by atoms with E-state index in [0.29, 0.717) is 5.15 Å². The largest absolute Gasteiger partial charge is 0.340 e. The standard InChI is InChI=1S/C18H23ClN2/c1-12-8-13(2)17-14(9-12)10-15(18(19)21-17)11-20-16-6-4-3-5-7-16/h8-10,16,20H,3-7,11H2,1-2H3/p+1. The molecule has 3 heteroatoms. The maximum Gasteiger partial charge on any atom is 0.138 e. The molecule has 112 valence electrons. The van der Waals surface area contributed by atoms with Gasteiger partial charge in [-0.2, -0.15) is 0 Å². The van der Waals surface area contributed by atoms with E-state index in [1.54, 1.807) is 0 Å². The van der Waals surface area contributed by atoms with Crippen LogP contribution in [0.25, 0.3) is 10.9 Å². The molecule has 2 N–H and O–H groups in total. The van der Waals surface area contributed by atoms with Crippen LogP contribution in [-0.2, 0) is 6.54 Å². The SMILES string of the molecule is Cc1cc(C)c2nc(Cl)c(C[NH2+]C3CCCCC3)cc2c1. The topological polar surface area (TPSA) is 29.5 Å². The number of pyridine rings is 1. The molecule has 2 nitrogen and oxygen atoms in total. The average molecular weight is 304 g/mol. The van der Waals surface area contributed by atoms with Crippen LogP contribution in [0.1, 0.15) is 48.8 Å². The summed E-state index contributed by atoms with van der Waals surface area (Å²) in [5, 5.41) is 4.33. The van der Waals surface area contributed by atoms with Gasteiger partial charge in [0, 0.05) is 10.9 Å². The normalized spacial score (nSPS) is 16.5. The van der Waals surface area contributed by atoms with Gasteiger partial charge in [0.1, 0.15) is 11.7 Å². The Morgan fingerprint density at radius 1 is 1.14 bits per heavy atom. The molecule has 0 unspecified atom stereocenters. The maximum absolute atomic E-state index is 6.40. The first kappa shape index (κ1) is 14.8. The predicted molar refractivity (Wildman–Crippen MR) is 88.7 cm³/mol. The Balaban J connectivity index is 1.83. The summed E-state index contributed by atoms with van der Waals surface area (Å²) in [5.74, 6) is 0. The molecule has 0 radical (unpaired) electrons. The van der Waals surface area contributed by atoms with Crippen LogP contribution in [0.4, 0.5) is 0 Å². The van der Waals surface area contributed by atoms with Crippen molar-refractivity contribution >= 4 is 22.5 Å². The van der Waals surface area contributed by atoms with Gasteiger partial charge in [0.2, 0.25) is 0 Å². The maximum atomic E-state index is 6.40. The fourth-order valence-electron chi connectivity index (χ4n) is 3.48. The van der Waals surface area contributed by atoms with E-state index in [0.717, 1.165) is 18.1 Å². The van der Waals surface area contributed by atoms with Crippen molar-refractivity contribution in [1.29, 1.82) is 0 Å². The lowest BCUT2D eigenvalue weighted by atomic mass is 9.95. The zero-order valence-electron chi connectivity index (χ0n) is 13.0. The van der Waals surface area contributed by atoms with Gasteiger partial charge in [0.25, 0.3) is 0 Å². The Labute approximate surface area is 131 Å². The number of benzene rings is 1. The molecule has 0 saturated heterocycles. The van der Waals surface area contributed by atoms with Gasteiger partial charge in [0.15, 0.2) is 0 Å². The lowest BCUT2D eigenvalue weighted by molar-refractivity contribution is -0.706. The highest BCUT2D eigenvalue weighted by Crippen LogP contribution is 2.24. The van der Waals surface area contributed by atoms with Gasteiger partial charge in [-0.1, -0.05) is 29.7 Å². The third-order valence-corrected chi connectivity index (χ3v) is 4.93. The minimum absolute atomic E-state index is 0.668. The van der Waals surface area contributed by atoms with Gasteiger partial charge in [-0.15, -0.1) is 0 Å². The second kappa shape index (κ2) is 6.33. The minimum atomic E-state index is 0.668. The Morgan fingerprint density at radius 2 is 1.90 bits per heavy atom. The van der Waals surface area contributed by atoms with Gasteiger partial charge >= 0.3 is 0 Å². The van der Waals surface area contributed by atoms with E-state index >= 15 is 0 Å². The van der Waals surface area contributed by atoms with Crippen molar-refractivity contribution in [3.63, 3.8) is 0 Å². The van der Waals surface area contributed by atoms with Crippen LogP contribution in [0.3, 0.4) is 0 Å². The molecule has 0 aliphatic heterocycles. The third-order valence-electron chi connectivity index (χ3n) is 4.60. The number of aromatic nitrogens is 1. The van der Waals surface area contributed by atoms with Crippen LogP contribution in [0, 0.1) is 13.8 Å². The highest BCUT2D eigenvalue weighted by Gasteiger charge is 2.17. The fraction of sp³-hybridized carbons (Fsp3) is 0.500. The van der Waals surface area contributed by atoms with E-state index in [9.17, 15) is 0 Å². The fourth-order valence-corrected chi connectivity index (χ4v) is 3.70. The first-order valence-electron chi connectivity index (χ1n) is 8.03. The molecule has 0 bridgehead atoms. The van der Waals surface area contributed by atoms with E-state index in [1.807, 2.05) is 0 Å². The van der Waals surface area contributed by atoms with E-state index < -0.39 is 0 Å². The lowest BCUT2D eigenvalue weighted by Gasteiger charge is -2.20. The molecule has 0 atom stereocenters. The second-order valence-corrected chi connectivity index (χ2v) is 6.79. The zero-order valence-corrected chi connectivity index (χ0v) is 13.7. The summed E-state index contributed by atoms with van der Waals surface area (Å²) in [6.07, 6.45) is 6.85. The number of nitrogens with two attached hydrogens (primary N) is 1. The molecule has 21 heavy (non-hydrogen) atoms. The molecule has 1 fully saturated rings. The van der Waals surface area contributed by atoms with Crippen LogP contribution in [0.15, 0.2) is 18.2 Å². The van der Waals surface area contributed by atoms with Gasteiger partial charge < -0.3 is 5.32 Å². The number of hydrogen-bond donors (Lipinski definition) is 1. The molecule has 1 aromatic heterocycles. The molecule has 1 saturated carbocycles. The van der Waals surface area contributed by atoms with Gasteiger partial charge in [-0.05, 0) is 57.2 Å². The van der Waals surface area contributed by atoms with Gasteiger partial charge in [-0.3, -0.25) is 0 Å². The summed E-state index contributed by atoms with van der Waals surface area (Å²) < 4.78 is 0. The van der Waals surface area contributed by atoms with Crippen molar-refractivity contribution in [3.8, 4) is 0 Å². The van der Waals surface area contributed by atoms with Crippen LogP contribution >= 0.6 is 11.6 Å². The summed E-state index contributed by atoms with van der Waals surface area (Å²) >= 11 is 6.40. The number of quaternary nitrogens is 1. The Kier molecular flexibility index (Phi) is 4.46. The molecule has 1 heterocycles. The summed E-state index contributed by atoms with van der Waals surface area (Å²) in [6.45, 7) is 5.18. The molecule has 1 aliphatic carbocycles. The third kappa shape index (κ3) is 3.38. The number of aryl methyl sites for hydroxylation is 2. The zero-order chi connectivity index (χ0) is 14.8. The number of rotatable bonds is 3. The first-order chi connectivity index (χ1) is 10.1. The molecule has 2 aromatic rings. The lowest BCUT2D eigenvalue weighted by Crippen LogP contribution is -2.88. The van der Waals surface area contributed by atoms with Crippen LogP contribution in [-0.4, -0.2) is 11.0 Å². The van der Waals surface area contributed by atoms with Crippen LogP contribution in [0.2, 0.25) is 5.15 Å². The second-order valence-electron chi connectivity index (χ2n) is 6.43. The van der Waals surface area contributed by atoms with E-state index in [4.69, 9.17) is 11.6 Å². The predicted octanol–water partition coefficient (Wildman–Crippen LogP) is 3.90. The van der Waals surface area contributed by atoms with Gasteiger partial charge in [-0.25, -0.2) is 4.98 Å². The Bertz CT molecular complexity index is 645. The summed E-state index contributed by atoms with van der Waals surface area (Å²) in [4.78, 5) is 4.63. The molecule has 0 amide bonds. The van der Waals surface area contributed by atoms with Crippen molar-refractivity contribution < 1.29 is 5.32 Å². The first-order valence-corrected chi connectivity index (χ1v) is 8.41. The van der Waals surface area contributed by atoms with Crippen molar-refractivity contribution in [2.75, 3.05) is 0 Å². The molecular weight excluding hydrogens is 280 g/mol. The van der Waals surface area contributed by atoms with Crippen molar-refractivity contribution in [2.24, 2.45) is 0 Å². The molecule has 1 aliphatic rings. The molecular formula is C18H24ClN2+. The van der Waals surface area contributed by atoms with Crippen LogP contribution in [0.5, 0.6) is 0 Å². The number of fused-ring (bicyclic) bond motifs is 1. The molecule has 0 spiro atoms. The van der Waals surface area contributed by atoms with Crippen molar-refractivity contribution in [2.45, 2.75) is 58.5 Å². The monoisotopic (exact) mass is 303 g/mol. The summed E-state index contributed by atoms with van der Waals surface area (Å²) in [5.41, 5.74) is 4.69.